The maximum Gasteiger partial charge on any atom is 0.326 e. The molecule has 0 fully saturated rings. The van der Waals surface area contributed by atoms with Crippen molar-refractivity contribution < 1.29 is 39.0 Å². The molecule has 5 atom stereocenters. The summed E-state index contributed by atoms with van der Waals surface area (Å²) >= 11 is 0. The number of hydrogen-bond donors (Lipinski definition) is 8. The van der Waals surface area contributed by atoms with Gasteiger partial charge in [0.2, 0.25) is 23.6 Å². The smallest absolute Gasteiger partial charge is 0.326 e. The third-order valence-electron chi connectivity index (χ3n) is 5.45. The predicted octanol–water partition coefficient (Wildman–Crippen LogP) is -2.23. The Hall–Kier alpha value is -3.26. The zero-order valence-corrected chi connectivity index (χ0v) is 20.1. The Morgan fingerprint density at radius 1 is 0.829 bits per heavy atom. The number of aliphatic carboxylic acids is 2. The minimum atomic E-state index is -1.65. The van der Waals surface area contributed by atoms with Gasteiger partial charge in [-0.05, 0) is 38.1 Å². The number of carbonyl (C=O) groups is 6. The highest BCUT2D eigenvalue weighted by molar-refractivity contribution is 5.95. The normalized spacial score (nSPS) is 15.1. The van der Waals surface area contributed by atoms with E-state index in [1.165, 1.54) is 0 Å². The molecule has 0 radical (unpaired) electrons. The van der Waals surface area contributed by atoms with Crippen LogP contribution in [0.1, 0.15) is 58.8 Å². The second-order valence-electron chi connectivity index (χ2n) is 8.32. The van der Waals surface area contributed by atoms with Crippen molar-refractivity contribution in [2.45, 2.75) is 83.0 Å². The van der Waals surface area contributed by atoms with Crippen LogP contribution in [0.15, 0.2) is 0 Å². The molecule has 0 aromatic rings. The van der Waals surface area contributed by atoms with E-state index in [0.717, 1.165) is 0 Å². The fourth-order valence-corrected chi connectivity index (χ4v) is 3.01. The highest BCUT2D eigenvalue weighted by Gasteiger charge is 2.32. The first-order valence-corrected chi connectivity index (χ1v) is 11.4. The minimum absolute atomic E-state index is 0.0524. The number of hydrogen-bond acceptors (Lipinski definition) is 8. The highest BCUT2D eigenvalue weighted by Crippen LogP contribution is 2.08. The van der Waals surface area contributed by atoms with Gasteiger partial charge in [-0.3, -0.25) is 24.0 Å². The lowest BCUT2D eigenvalue weighted by molar-refractivity contribution is -0.143. The van der Waals surface area contributed by atoms with E-state index < -0.39 is 66.2 Å². The molecule has 35 heavy (non-hydrogen) atoms. The van der Waals surface area contributed by atoms with Crippen molar-refractivity contribution >= 4 is 35.6 Å². The van der Waals surface area contributed by atoms with Gasteiger partial charge in [0.1, 0.15) is 18.1 Å². The number of carbonyl (C=O) groups excluding carboxylic acids is 4. The van der Waals surface area contributed by atoms with E-state index in [-0.39, 0.29) is 25.2 Å². The summed E-state index contributed by atoms with van der Waals surface area (Å²) in [4.78, 5) is 71.9. The van der Waals surface area contributed by atoms with Crippen molar-refractivity contribution in [2.24, 2.45) is 23.1 Å². The van der Waals surface area contributed by atoms with Gasteiger partial charge >= 0.3 is 11.9 Å². The summed E-state index contributed by atoms with van der Waals surface area (Å²) in [5.41, 5.74) is 16.4. The number of primary amides is 1. The van der Waals surface area contributed by atoms with Crippen molar-refractivity contribution in [3.8, 4) is 0 Å². The van der Waals surface area contributed by atoms with Gasteiger partial charge in [-0.25, -0.2) is 4.79 Å². The van der Waals surface area contributed by atoms with Crippen LogP contribution in [0.3, 0.4) is 0 Å². The standard InChI is InChI=1S/C21H38N6O8/c1-3-11(2)17(24)20(33)25-12(7-8-15(23)28)18(31)27-14(10-16(29)30)19(32)26-13(21(34)35)6-4-5-9-22/h11-14,17H,3-10,22,24H2,1-2H3,(H2,23,28)(H,25,33)(H,26,32)(H,27,31)(H,29,30)(H,34,35). The second-order valence-corrected chi connectivity index (χ2v) is 8.32. The third kappa shape index (κ3) is 12.7. The molecule has 0 aromatic carbocycles. The molecular formula is C21H38N6O8. The van der Waals surface area contributed by atoms with E-state index >= 15 is 0 Å². The third-order valence-corrected chi connectivity index (χ3v) is 5.45. The van der Waals surface area contributed by atoms with E-state index in [9.17, 15) is 39.0 Å². The Morgan fingerprint density at radius 3 is 1.86 bits per heavy atom. The van der Waals surface area contributed by atoms with E-state index in [2.05, 4.69) is 16.0 Å². The van der Waals surface area contributed by atoms with Gasteiger partial charge in [0.05, 0.1) is 12.5 Å². The van der Waals surface area contributed by atoms with Crippen LogP contribution in [0.5, 0.6) is 0 Å². The second kappa shape index (κ2) is 16.4. The fourth-order valence-electron chi connectivity index (χ4n) is 3.01. The van der Waals surface area contributed by atoms with Crippen LogP contribution in [0.25, 0.3) is 0 Å². The van der Waals surface area contributed by atoms with Crippen molar-refractivity contribution in [1.29, 1.82) is 0 Å². The van der Waals surface area contributed by atoms with Crippen molar-refractivity contribution in [3.63, 3.8) is 0 Å². The van der Waals surface area contributed by atoms with Crippen LogP contribution in [0.4, 0.5) is 0 Å². The lowest BCUT2D eigenvalue weighted by Crippen LogP contribution is -2.58. The molecule has 14 nitrogen and oxygen atoms in total. The van der Waals surface area contributed by atoms with Crippen LogP contribution in [-0.4, -0.2) is 76.5 Å². The Kier molecular flexibility index (Phi) is 14.9. The summed E-state index contributed by atoms with van der Waals surface area (Å²) in [6, 6.07) is -5.26. The molecule has 0 spiro atoms. The average molecular weight is 503 g/mol. The van der Waals surface area contributed by atoms with E-state index in [1.807, 2.05) is 6.92 Å². The number of nitrogens with one attached hydrogen (secondary N) is 3. The lowest BCUT2D eigenvalue weighted by Gasteiger charge is -2.25. The first-order chi connectivity index (χ1) is 16.3. The van der Waals surface area contributed by atoms with Crippen LogP contribution in [0.2, 0.25) is 0 Å². The number of carboxylic acids is 2. The largest absolute Gasteiger partial charge is 0.481 e. The summed E-state index contributed by atoms with van der Waals surface area (Å²) in [5, 5.41) is 25.4. The molecule has 0 aliphatic carbocycles. The quantitative estimate of drug-likeness (QED) is 0.0935. The van der Waals surface area contributed by atoms with Crippen LogP contribution in [-0.2, 0) is 28.8 Å². The molecule has 0 bridgehead atoms. The Labute approximate surface area is 203 Å². The molecule has 0 saturated carbocycles. The Morgan fingerprint density at radius 2 is 1.37 bits per heavy atom. The van der Waals surface area contributed by atoms with Crippen molar-refractivity contribution in [2.75, 3.05) is 6.54 Å². The molecule has 14 heteroatoms. The topological polar surface area (TPSA) is 257 Å². The summed E-state index contributed by atoms with van der Waals surface area (Å²) in [5.74, 6) is -6.38. The van der Waals surface area contributed by atoms with Gasteiger partial charge in [-0.1, -0.05) is 20.3 Å². The zero-order valence-electron chi connectivity index (χ0n) is 20.1. The van der Waals surface area contributed by atoms with Crippen molar-refractivity contribution in [1.82, 2.24) is 16.0 Å². The predicted molar refractivity (Wildman–Crippen MR) is 124 cm³/mol. The Balaban J connectivity index is 5.57. The van der Waals surface area contributed by atoms with Crippen molar-refractivity contribution in [3.05, 3.63) is 0 Å². The first kappa shape index (κ1) is 31.7. The van der Waals surface area contributed by atoms with E-state index in [1.54, 1.807) is 6.92 Å². The van der Waals surface area contributed by atoms with Crippen LogP contribution >= 0.6 is 0 Å². The molecule has 0 saturated heterocycles. The van der Waals surface area contributed by atoms with E-state index in [0.29, 0.717) is 25.8 Å². The fraction of sp³-hybridized carbons (Fsp3) is 0.714. The highest BCUT2D eigenvalue weighted by atomic mass is 16.4. The van der Waals surface area contributed by atoms with Crippen LogP contribution in [0, 0.1) is 5.92 Å². The zero-order chi connectivity index (χ0) is 27.1. The number of nitrogens with two attached hydrogens (primary N) is 3. The summed E-state index contributed by atoms with van der Waals surface area (Å²) in [6.07, 6.45) is 0.208. The molecule has 0 heterocycles. The number of rotatable bonds is 18. The SMILES string of the molecule is CCC(C)C(N)C(=O)NC(CCC(N)=O)C(=O)NC(CC(=O)O)C(=O)NC(CCCCN)C(=O)O. The van der Waals surface area contributed by atoms with Gasteiger partial charge in [-0.2, -0.15) is 0 Å². The average Bonchev–Trinajstić information content (AvgIpc) is 2.78. The summed E-state index contributed by atoms with van der Waals surface area (Å²) < 4.78 is 0. The van der Waals surface area contributed by atoms with E-state index in [4.69, 9.17) is 17.2 Å². The Bertz CT molecular complexity index is 762. The molecule has 200 valence electrons. The van der Waals surface area contributed by atoms with Crippen LogP contribution < -0.4 is 33.2 Å². The molecule has 11 N–H and O–H groups in total. The molecular weight excluding hydrogens is 464 g/mol. The number of unbranched alkanes of at least 4 members (excludes halogenated alkanes) is 1. The molecule has 0 aromatic heterocycles. The monoisotopic (exact) mass is 502 g/mol. The summed E-state index contributed by atoms with van der Waals surface area (Å²) in [7, 11) is 0. The van der Waals surface area contributed by atoms with Gasteiger partial charge < -0.3 is 43.4 Å². The molecule has 5 unspecified atom stereocenters. The summed E-state index contributed by atoms with van der Waals surface area (Å²) in [6.45, 7) is 3.89. The number of amides is 4. The number of carboxylic acid groups (broad SMARTS) is 2. The minimum Gasteiger partial charge on any atom is -0.481 e. The molecule has 0 rings (SSSR count). The van der Waals surface area contributed by atoms with Gasteiger partial charge in [0.25, 0.3) is 0 Å². The van der Waals surface area contributed by atoms with Gasteiger partial charge in [0.15, 0.2) is 0 Å². The molecule has 0 aliphatic heterocycles. The molecule has 0 aliphatic rings. The molecule has 4 amide bonds. The first-order valence-electron chi connectivity index (χ1n) is 11.4. The van der Waals surface area contributed by atoms with Gasteiger partial charge in [-0.15, -0.1) is 0 Å². The maximum absolute atomic E-state index is 12.9. The van der Waals surface area contributed by atoms with Gasteiger partial charge in [0, 0.05) is 6.42 Å². The lowest BCUT2D eigenvalue weighted by atomic mass is 9.98. The maximum atomic E-state index is 12.9.